The molecule has 1 aromatic heterocycles. The van der Waals surface area contributed by atoms with Crippen molar-refractivity contribution in [3.63, 3.8) is 0 Å². The van der Waals surface area contributed by atoms with E-state index in [4.69, 9.17) is 0 Å². The van der Waals surface area contributed by atoms with Crippen molar-refractivity contribution < 1.29 is 13.2 Å². The summed E-state index contributed by atoms with van der Waals surface area (Å²) in [5, 5.41) is 3.07. The monoisotopic (exact) mass is 354 g/mol. The molecule has 7 nitrogen and oxygen atoms in total. The molecule has 0 bridgehead atoms. The molecule has 2 aliphatic rings. The van der Waals surface area contributed by atoms with E-state index in [0.29, 0.717) is 13.1 Å². The van der Waals surface area contributed by atoms with Crippen LogP contribution in [0, 0.1) is 0 Å². The number of amides is 1. The fraction of sp³-hybridized carbons (Fsp3) is 0.750. The summed E-state index contributed by atoms with van der Waals surface area (Å²) in [6.45, 7) is 1.22. The number of rotatable bonds is 5. The van der Waals surface area contributed by atoms with E-state index < -0.39 is 10.0 Å². The summed E-state index contributed by atoms with van der Waals surface area (Å²) in [5.74, 6) is -0.0822. The lowest BCUT2D eigenvalue weighted by molar-refractivity contribution is -0.122. The van der Waals surface area contributed by atoms with E-state index in [0.717, 1.165) is 44.9 Å². The first kappa shape index (κ1) is 17.4. The maximum Gasteiger partial charge on any atom is 0.262 e. The van der Waals surface area contributed by atoms with Crippen molar-refractivity contribution in [3.8, 4) is 0 Å². The number of carbonyl (C=O) groups excluding carboxylic acids is 1. The third-order valence-electron chi connectivity index (χ3n) is 4.83. The summed E-state index contributed by atoms with van der Waals surface area (Å²) in [5.41, 5.74) is 0. The molecule has 1 amide bonds. The highest BCUT2D eigenvalue weighted by atomic mass is 32.2. The average molecular weight is 354 g/mol. The van der Waals surface area contributed by atoms with Gasteiger partial charge in [0.25, 0.3) is 10.0 Å². The van der Waals surface area contributed by atoms with Crippen LogP contribution in [0.3, 0.4) is 0 Å². The minimum atomic E-state index is -3.53. The van der Waals surface area contributed by atoms with Crippen molar-refractivity contribution in [3.05, 3.63) is 12.5 Å². The number of piperidine rings is 1. The lowest BCUT2D eigenvalue weighted by atomic mass is 9.95. The first-order valence-corrected chi connectivity index (χ1v) is 10.3. The first-order valence-electron chi connectivity index (χ1n) is 8.87. The Morgan fingerprint density at radius 2 is 1.79 bits per heavy atom. The second kappa shape index (κ2) is 7.65. The molecule has 2 fully saturated rings. The summed E-state index contributed by atoms with van der Waals surface area (Å²) >= 11 is 0. The molecule has 24 heavy (non-hydrogen) atoms. The van der Waals surface area contributed by atoms with Gasteiger partial charge in [-0.2, -0.15) is 4.31 Å². The van der Waals surface area contributed by atoms with Crippen LogP contribution in [-0.4, -0.2) is 47.3 Å². The fourth-order valence-electron chi connectivity index (χ4n) is 3.48. The normalized spacial score (nSPS) is 20.8. The molecule has 0 aromatic carbocycles. The molecule has 0 atom stereocenters. The molecule has 8 heteroatoms. The van der Waals surface area contributed by atoms with Crippen LogP contribution in [-0.2, 0) is 21.4 Å². The van der Waals surface area contributed by atoms with Crippen LogP contribution >= 0.6 is 0 Å². The van der Waals surface area contributed by atoms with Gasteiger partial charge in [-0.05, 0) is 25.7 Å². The minimum Gasteiger partial charge on any atom is -0.352 e. The van der Waals surface area contributed by atoms with Crippen LogP contribution in [0.1, 0.15) is 51.4 Å². The Morgan fingerprint density at radius 1 is 1.12 bits per heavy atom. The van der Waals surface area contributed by atoms with E-state index in [1.165, 1.54) is 23.3 Å². The highest BCUT2D eigenvalue weighted by Gasteiger charge is 2.28. The molecular formula is C16H26N4O3S. The third kappa shape index (κ3) is 4.16. The van der Waals surface area contributed by atoms with Crippen molar-refractivity contribution >= 4 is 15.9 Å². The minimum absolute atomic E-state index is 0.0369. The van der Waals surface area contributed by atoms with Crippen LogP contribution in [0.4, 0.5) is 0 Å². The third-order valence-corrected chi connectivity index (χ3v) is 6.61. The molecule has 2 heterocycles. The molecule has 0 radical (unpaired) electrons. The maximum absolute atomic E-state index is 12.6. The second-order valence-corrected chi connectivity index (χ2v) is 8.64. The highest BCUT2D eigenvalue weighted by Crippen LogP contribution is 2.19. The van der Waals surface area contributed by atoms with Crippen LogP contribution in [0.15, 0.2) is 17.6 Å². The SMILES string of the molecule is O=C(Cn1cnc(S(=O)(=O)N2CCCCC2)c1)NC1CCCCC1. The molecule has 1 saturated carbocycles. The number of nitrogens with zero attached hydrogens (tertiary/aromatic N) is 3. The Bertz CT molecular complexity index is 659. The lowest BCUT2D eigenvalue weighted by Gasteiger charge is -2.24. The van der Waals surface area contributed by atoms with Gasteiger partial charge in [0, 0.05) is 25.3 Å². The van der Waals surface area contributed by atoms with Crippen LogP contribution in [0.25, 0.3) is 0 Å². The second-order valence-electron chi connectivity index (χ2n) is 6.75. The standard InChI is InChI=1S/C16H26N4O3S/c21-15(18-14-7-3-1-4-8-14)11-19-12-16(17-13-19)24(22,23)20-9-5-2-6-10-20/h12-14H,1-11H2,(H,18,21). The Labute approximate surface area is 143 Å². The number of hydrogen-bond donors (Lipinski definition) is 1. The van der Waals surface area contributed by atoms with Gasteiger partial charge >= 0.3 is 0 Å². The van der Waals surface area contributed by atoms with Crippen molar-refractivity contribution in [1.82, 2.24) is 19.2 Å². The van der Waals surface area contributed by atoms with E-state index in [1.54, 1.807) is 4.57 Å². The Kier molecular flexibility index (Phi) is 5.55. The maximum atomic E-state index is 12.6. The van der Waals surface area contributed by atoms with Gasteiger partial charge < -0.3 is 9.88 Å². The number of hydrogen-bond acceptors (Lipinski definition) is 4. The summed E-state index contributed by atoms with van der Waals surface area (Å²) in [6.07, 6.45) is 11.4. The largest absolute Gasteiger partial charge is 0.352 e. The molecular weight excluding hydrogens is 328 g/mol. The van der Waals surface area contributed by atoms with Crippen LogP contribution < -0.4 is 5.32 Å². The quantitative estimate of drug-likeness (QED) is 0.868. The zero-order valence-corrected chi connectivity index (χ0v) is 14.8. The van der Waals surface area contributed by atoms with Gasteiger partial charge in [-0.15, -0.1) is 0 Å². The van der Waals surface area contributed by atoms with E-state index in [2.05, 4.69) is 10.3 Å². The smallest absolute Gasteiger partial charge is 0.262 e. The van der Waals surface area contributed by atoms with Gasteiger partial charge in [-0.3, -0.25) is 4.79 Å². The number of imidazole rings is 1. The first-order chi connectivity index (χ1) is 11.6. The Balaban J connectivity index is 1.59. The summed E-state index contributed by atoms with van der Waals surface area (Å²) in [6, 6.07) is 0.256. The molecule has 134 valence electrons. The molecule has 1 saturated heterocycles. The molecule has 0 spiro atoms. The van der Waals surface area contributed by atoms with E-state index in [1.807, 2.05) is 0 Å². The number of sulfonamides is 1. The average Bonchev–Trinajstić information content (AvgIpc) is 3.05. The summed E-state index contributed by atoms with van der Waals surface area (Å²) in [7, 11) is -3.53. The van der Waals surface area contributed by atoms with Crippen molar-refractivity contribution in [1.29, 1.82) is 0 Å². The van der Waals surface area contributed by atoms with Crippen molar-refractivity contribution in [2.45, 2.75) is 69.0 Å². The van der Waals surface area contributed by atoms with Gasteiger partial charge in [0.15, 0.2) is 5.03 Å². The lowest BCUT2D eigenvalue weighted by Crippen LogP contribution is -2.38. The summed E-state index contributed by atoms with van der Waals surface area (Å²) < 4.78 is 28.1. The summed E-state index contributed by atoms with van der Waals surface area (Å²) in [4.78, 5) is 16.1. The molecule has 3 rings (SSSR count). The number of carbonyl (C=O) groups is 1. The Morgan fingerprint density at radius 3 is 2.50 bits per heavy atom. The predicted molar refractivity (Wildman–Crippen MR) is 89.9 cm³/mol. The molecule has 1 aliphatic carbocycles. The topological polar surface area (TPSA) is 84.3 Å². The van der Waals surface area contributed by atoms with Crippen molar-refractivity contribution in [2.24, 2.45) is 0 Å². The number of nitrogens with one attached hydrogen (secondary N) is 1. The van der Waals surface area contributed by atoms with Gasteiger partial charge in [0.1, 0.15) is 6.54 Å². The van der Waals surface area contributed by atoms with E-state index >= 15 is 0 Å². The highest BCUT2D eigenvalue weighted by molar-refractivity contribution is 7.89. The van der Waals surface area contributed by atoms with Crippen molar-refractivity contribution in [2.75, 3.05) is 13.1 Å². The molecule has 1 N–H and O–H groups in total. The van der Waals surface area contributed by atoms with E-state index in [-0.39, 0.29) is 23.5 Å². The number of aromatic nitrogens is 2. The Hall–Kier alpha value is -1.41. The van der Waals surface area contributed by atoms with Crippen LogP contribution in [0.5, 0.6) is 0 Å². The molecule has 0 unspecified atom stereocenters. The van der Waals surface area contributed by atoms with Gasteiger partial charge in [0.2, 0.25) is 5.91 Å². The molecule has 1 aliphatic heterocycles. The zero-order valence-electron chi connectivity index (χ0n) is 14.0. The van der Waals surface area contributed by atoms with Gasteiger partial charge in [-0.1, -0.05) is 25.7 Å². The zero-order chi connectivity index (χ0) is 17.0. The fourth-order valence-corrected chi connectivity index (χ4v) is 4.94. The van der Waals surface area contributed by atoms with E-state index in [9.17, 15) is 13.2 Å². The van der Waals surface area contributed by atoms with Gasteiger partial charge in [0.05, 0.1) is 6.33 Å². The predicted octanol–water partition coefficient (Wildman–Crippen LogP) is 1.51. The van der Waals surface area contributed by atoms with Crippen LogP contribution in [0.2, 0.25) is 0 Å². The molecule has 1 aromatic rings. The van der Waals surface area contributed by atoms with Gasteiger partial charge in [-0.25, -0.2) is 13.4 Å².